The number of hydrogen-bond acceptors (Lipinski definition) is 5. The highest BCUT2D eigenvalue weighted by Gasteiger charge is 2.24. The molecule has 3 aromatic rings. The monoisotopic (exact) mass is 502 g/mol. The van der Waals surface area contributed by atoms with Gasteiger partial charge in [-0.05, 0) is 56.8 Å². The van der Waals surface area contributed by atoms with Crippen molar-refractivity contribution in [1.82, 2.24) is 15.1 Å². The molecule has 7 heteroatoms. The van der Waals surface area contributed by atoms with E-state index in [1.165, 1.54) is 5.56 Å². The van der Waals surface area contributed by atoms with Crippen LogP contribution in [0.25, 0.3) is 23.0 Å². The van der Waals surface area contributed by atoms with Crippen LogP contribution < -0.4 is 11.1 Å². The van der Waals surface area contributed by atoms with Crippen LogP contribution in [0.5, 0.6) is 0 Å². The third kappa shape index (κ3) is 5.66. The second-order valence-electron chi connectivity index (χ2n) is 8.63. The molecule has 0 fully saturated rings. The Kier molecular flexibility index (Phi) is 9.39. The van der Waals surface area contributed by atoms with Gasteiger partial charge in [0.05, 0.1) is 34.3 Å². The van der Waals surface area contributed by atoms with Crippen molar-refractivity contribution >= 4 is 36.3 Å². The van der Waals surface area contributed by atoms with Crippen LogP contribution in [0.15, 0.2) is 58.7 Å². The third-order valence-electron chi connectivity index (χ3n) is 6.12. The normalized spacial score (nSPS) is 11.9. The molecule has 0 bridgehead atoms. The van der Waals surface area contributed by atoms with Gasteiger partial charge in [0.25, 0.3) is 0 Å². The van der Waals surface area contributed by atoms with E-state index in [0.717, 1.165) is 64.3 Å². The maximum absolute atomic E-state index is 6.42. The van der Waals surface area contributed by atoms with Crippen LogP contribution in [0.4, 0.5) is 5.69 Å². The van der Waals surface area contributed by atoms with E-state index < -0.39 is 0 Å². The van der Waals surface area contributed by atoms with Gasteiger partial charge in [-0.3, -0.25) is 9.98 Å². The molecule has 0 spiro atoms. The van der Waals surface area contributed by atoms with E-state index in [-0.39, 0.29) is 0 Å². The first-order chi connectivity index (χ1) is 17.4. The average molecular weight is 503 g/mol. The third-order valence-corrected chi connectivity index (χ3v) is 6.45. The fourth-order valence-electron chi connectivity index (χ4n) is 4.35. The molecule has 0 saturated carbocycles. The van der Waals surface area contributed by atoms with Crippen molar-refractivity contribution in [3.8, 4) is 16.9 Å². The molecule has 0 aliphatic carbocycles. The van der Waals surface area contributed by atoms with Crippen LogP contribution in [0, 0.1) is 6.92 Å². The summed E-state index contributed by atoms with van der Waals surface area (Å²) in [7, 11) is 1.94. The van der Waals surface area contributed by atoms with Crippen LogP contribution in [0.2, 0.25) is 5.02 Å². The summed E-state index contributed by atoms with van der Waals surface area (Å²) >= 11 is 6.40. The van der Waals surface area contributed by atoms with Gasteiger partial charge in [0.2, 0.25) is 0 Å². The number of benzene rings is 2. The lowest BCUT2D eigenvalue weighted by molar-refractivity contribution is 0.748. The molecule has 0 radical (unpaired) electrons. The van der Waals surface area contributed by atoms with Crippen molar-refractivity contribution in [2.45, 2.75) is 40.2 Å². The highest BCUT2D eigenvalue weighted by molar-refractivity contribution is 6.33. The summed E-state index contributed by atoms with van der Waals surface area (Å²) in [6.45, 7) is 15.0. The molecule has 188 valence electrons. The van der Waals surface area contributed by atoms with E-state index >= 15 is 0 Å². The minimum atomic E-state index is 0.448. The van der Waals surface area contributed by atoms with Crippen LogP contribution in [0.3, 0.4) is 0 Å². The lowest BCUT2D eigenvalue weighted by Crippen LogP contribution is -2.12. The number of halogens is 1. The number of allylic oxidation sites excluding steroid dienone is 1. The molecular weight excluding hydrogens is 468 g/mol. The summed E-state index contributed by atoms with van der Waals surface area (Å²) in [4.78, 5) is 8.58. The molecular formula is C29H35ClN6. The summed E-state index contributed by atoms with van der Waals surface area (Å²) in [6.07, 6.45) is 6.89. The summed E-state index contributed by atoms with van der Waals surface area (Å²) in [5.41, 5.74) is 15.9. The highest BCUT2D eigenvalue weighted by atomic mass is 35.5. The van der Waals surface area contributed by atoms with Crippen molar-refractivity contribution in [1.29, 1.82) is 0 Å². The van der Waals surface area contributed by atoms with Gasteiger partial charge in [-0.1, -0.05) is 55.4 Å². The summed E-state index contributed by atoms with van der Waals surface area (Å²) in [5.74, 6) is 0. The molecule has 36 heavy (non-hydrogen) atoms. The second-order valence-corrected chi connectivity index (χ2v) is 9.03. The van der Waals surface area contributed by atoms with Crippen molar-refractivity contribution in [2.75, 3.05) is 19.3 Å². The maximum Gasteiger partial charge on any atom is 0.0801 e. The van der Waals surface area contributed by atoms with Gasteiger partial charge in [0.1, 0.15) is 0 Å². The van der Waals surface area contributed by atoms with Crippen LogP contribution >= 0.6 is 11.6 Å². The van der Waals surface area contributed by atoms with Gasteiger partial charge in [0, 0.05) is 42.1 Å². The number of nitrogens with zero attached hydrogens (tertiary/aromatic N) is 4. The molecule has 1 aromatic heterocycles. The predicted molar refractivity (Wildman–Crippen MR) is 156 cm³/mol. The van der Waals surface area contributed by atoms with Gasteiger partial charge in [-0.15, -0.1) is 0 Å². The quantitative estimate of drug-likeness (QED) is 0.241. The van der Waals surface area contributed by atoms with E-state index in [0.29, 0.717) is 17.3 Å². The Balaban J connectivity index is 2.40. The molecule has 0 amide bonds. The molecule has 6 nitrogen and oxygen atoms in total. The van der Waals surface area contributed by atoms with E-state index in [1.807, 2.05) is 32.3 Å². The first kappa shape index (κ1) is 27.1. The number of anilines is 1. The number of nitrogens with two attached hydrogens (primary N) is 1. The number of aliphatic imine (C=N–C) groups is 2. The average Bonchev–Trinajstić information content (AvgIpc) is 3.21. The molecule has 0 unspecified atom stereocenters. The minimum Gasteiger partial charge on any atom is -0.397 e. The summed E-state index contributed by atoms with van der Waals surface area (Å²) in [6, 6.07) is 10.2. The van der Waals surface area contributed by atoms with Gasteiger partial charge in [0.15, 0.2) is 0 Å². The van der Waals surface area contributed by atoms with Gasteiger partial charge in [-0.2, -0.15) is 5.10 Å². The van der Waals surface area contributed by atoms with E-state index in [2.05, 4.69) is 60.3 Å². The van der Waals surface area contributed by atoms with Gasteiger partial charge < -0.3 is 11.1 Å². The van der Waals surface area contributed by atoms with E-state index in [1.54, 1.807) is 12.3 Å². The second kappa shape index (κ2) is 12.5. The van der Waals surface area contributed by atoms with Crippen molar-refractivity contribution in [2.24, 2.45) is 9.98 Å². The van der Waals surface area contributed by atoms with E-state index in [9.17, 15) is 0 Å². The predicted octanol–water partition coefficient (Wildman–Crippen LogP) is 6.23. The number of aromatic nitrogens is 2. The zero-order valence-electron chi connectivity index (χ0n) is 21.6. The van der Waals surface area contributed by atoms with Crippen LogP contribution in [-0.2, 0) is 19.4 Å². The molecule has 3 N–H and O–H groups in total. The standard InChI is InChI=1S/C29H35ClN6/c1-7-21-11-9-10-20(4)28(21)36-29(23-12-13-25(30)27(31)22(23)8-2)24(26(35-36)14-15-32-5)18-34-17-19(3)16-33-6/h8-13,16-17,32H,2,6-7,14-15,18,31H2,1,3-5H3/b19-16-,34-17-. The lowest BCUT2D eigenvalue weighted by Gasteiger charge is -2.18. The molecule has 2 aromatic carbocycles. The Labute approximate surface area is 219 Å². The fourth-order valence-corrected chi connectivity index (χ4v) is 4.51. The molecule has 0 aliphatic heterocycles. The Morgan fingerprint density at radius 1 is 1.28 bits per heavy atom. The zero-order chi connectivity index (χ0) is 26.2. The van der Waals surface area contributed by atoms with Crippen molar-refractivity contribution in [3.05, 3.63) is 81.7 Å². The topological polar surface area (TPSA) is 80.6 Å². The SMILES string of the molecule is C=Cc1c(-c2c(C/N=C\C(C)=C/N=C)c(CCNC)nn2-c2c(C)cccc2CC)ccc(Cl)c1N. The fraction of sp³-hybridized carbons (Fsp3) is 0.276. The molecule has 0 atom stereocenters. The molecule has 0 aliphatic rings. The van der Waals surface area contributed by atoms with E-state index in [4.69, 9.17) is 27.4 Å². The minimum absolute atomic E-state index is 0.448. The number of likely N-dealkylation sites (N-methyl/N-ethyl adjacent to an activating group) is 1. The lowest BCUT2D eigenvalue weighted by atomic mass is 9.97. The van der Waals surface area contributed by atoms with Crippen LogP contribution in [0.1, 0.15) is 41.8 Å². The highest BCUT2D eigenvalue weighted by Crippen LogP contribution is 2.39. The number of para-hydroxylation sites is 1. The number of nitrogens with one attached hydrogen (secondary N) is 1. The Morgan fingerprint density at radius 2 is 2.06 bits per heavy atom. The molecule has 1 heterocycles. The Bertz CT molecular complexity index is 1320. The zero-order valence-corrected chi connectivity index (χ0v) is 22.4. The summed E-state index contributed by atoms with van der Waals surface area (Å²) < 4.78 is 2.06. The Morgan fingerprint density at radius 3 is 2.72 bits per heavy atom. The first-order valence-corrected chi connectivity index (χ1v) is 12.4. The van der Waals surface area contributed by atoms with Gasteiger partial charge in [-0.25, -0.2) is 4.68 Å². The number of rotatable bonds is 11. The van der Waals surface area contributed by atoms with Crippen molar-refractivity contribution in [3.63, 3.8) is 0 Å². The molecule has 3 rings (SSSR count). The summed E-state index contributed by atoms with van der Waals surface area (Å²) in [5, 5.41) is 8.92. The number of hydrogen-bond donors (Lipinski definition) is 2. The smallest absolute Gasteiger partial charge is 0.0801 e. The van der Waals surface area contributed by atoms with Crippen LogP contribution in [-0.4, -0.2) is 36.3 Å². The first-order valence-electron chi connectivity index (χ1n) is 12.0. The maximum atomic E-state index is 6.42. The number of aryl methyl sites for hydroxylation is 2. The number of nitrogen functional groups attached to an aromatic ring is 1. The van der Waals surface area contributed by atoms with Gasteiger partial charge >= 0.3 is 0 Å². The molecule has 0 saturated heterocycles. The van der Waals surface area contributed by atoms with Crippen molar-refractivity contribution < 1.29 is 0 Å². The largest absolute Gasteiger partial charge is 0.397 e. The Hall–Kier alpha value is -3.48.